The number of β-amino-alcohol motifs (C(OH)–C–C–N with tert-alkyl or cyclic N) is 1. The largest absolute Gasteiger partial charge is 0.497 e. The predicted molar refractivity (Wildman–Crippen MR) is 98.7 cm³/mol. The molecule has 1 aromatic carbocycles. The zero-order chi connectivity index (χ0) is 18.0. The molecule has 0 saturated carbocycles. The van der Waals surface area contributed by atoms with Crippen LogP contribution in [0.25, 0.3) is 0 Å². The Labute approximate surface area is 150 Å². The van der Waals surface area contributed by atoms with E-state index in [9.17, 15) is 5.11 Å². The quantitative estimate of drug-likeness (QED) is 0.876. The molecule has 3 rings (SSSR count). The van der Waals surface area contributed by atoms with Gasteiger partial charge in [-0.2, -0.15) is 5.10 Å². The van der Waals surface area contributed by atoms with E-state index in [0.29, 0.717) is 6.54 Å². The molecule has 0 spiro atoms. The van der Waals surface area contributed by atoms with Crippen LogP contribution < -0.4 is 4.74 Å². The molecule has 1 aliphatic rings. The fraction of sp³-hybridized carbons (Fsp3) is 0.550. The van der Waals surface area contributed by atoms with E-state index in [1.807, 2.05) is 23.9 Å². The molecule has 0 aliphatic carbocycles. The summed E-state index contributed by atoms with van der Waals surface area (Å²) < 4.78 is 7.39. The predicted octanol–water partition coefficient (Wildman–Crippen LogP) is 2.86. The molecule has 0 amide bonds. The van der Waals surface area contributed by atoms with Crippen molar-refractivity contribution in [1.82, 2.24) is 14.7 Å². The summed E-state index contributed by atoms with van der Waals surface area (Å²) in [6.07, 6.45) is 2.38. The van der Waals surface area contributed by atoms with Gasteiger partial charge in [0.15, 0.2) is 0 Å². The molecule has 1 aromatic heterocycles. The van der Waals surface area contributed by atoms with Crippen molar-refractivity contribution in [2.45, 2.75) is 51.8 Å². The molecule has 25 heavy (non-hydrogen) atoms. The van der Waals surface area contributed by atoms with Crippen LogP contribution in [0.1, 0.15) is 48.8 Å². The van der Waals surface area contributed by atoms with Crippen LogP contribution in [0.4, 0.5) is 0 Å². The molecular formula is C20H29N3O2. The Morgan fingerprint density at radius 2 is 2.08 bits per heavy atom. The van der Waals surface area contributed by atoms with Crippen molar-refractivity contribution in [2.24, 2.45) is 7.05 Å². The molecule has 2 heterocycles. The highest BCUT2D eigenvalue weighted by molar-refractivity contribution is 5.32. The van der Waals surface area contributed by atoms with Crippen molar-refractivity contribution in [3.05, 3.63) is 46.8 Å². The monoisotopic (exact) mass is 343 g/mol. The minimum absolute atomic E-state index is 0.208. The van der Waals surface area contributed by atoms with Gasteiger partial charge in [0.05, 0.1) is 18.9 Å². The van der Waals surface area contributed by atoms with Gasteiger partial charge in [-0.05, 0) is 37.0 Å². The Hall–Kier alpha value is -1.85. The van der Waals surface area contributed by atoms with E-state index in [1.54, 1.807) is 7.11 Å². The van der Waals surface area contributed by atoms with Crippen LogP contribution in [-0.4, -0.2) is 39.5 Å². The van der Waals surface area contributed by atoms with Gasteiger partial charge in [0.2, 0.25) is 0 Å². The molecule has 2 aromatic rings. The van der Waals surface area contributed by atoms with Crippen molar-refractivity contribution < 1.29 is 9.84 Å². The fourth-order valence-corrected chi connectivity index (χ4v) is 4.03. The average Bonchev–Trinajstić information content (AvgIpc) is 3.14. The highest BCUT2D eigenvalue weighted by Crippen LogP contribution is 2.35. The molecule has 1 aliphatic heterocycles. The molecule has 136 valence electrons. The summed E-state index contributed by atoms with van der Waals surface area (Å²) >= 11 is 0. The van der Waals surface area contributed by atoms with Gasteiger partial charge in [-0.1, -0.05) is 26.0 Å². The maximum Gasteiger partial charge on any atom is 0.119 e. The number of ether oxygens (including phenoxy) is 1. The van der Waals surface area contributed by atoms with Gasteiger partial charge in [-0.15, -0.1) is 0 Å². The second-order valence-electron chi connectivity index (χ2n) is 6.81. The average molecular weight is 343 g/mol. The van der Waals surface area contributed by atoms with E-state index in [-0.39, 0.29) is 12.1 Å². The fourth-order valence-electron chi connectivity index (χ4n) is 4.03. The summed E-state index contributed by atoms with van der Waals surface area (Å²) in [5.41, 5.74) is 5.00. The SMILES string of the molecule is CCc1nn(C)c(CC)c1CN1C[C@@H](O)C[C@@H]1c1cccc(OC)c1. The number of aliphatic hydroxyl groups is 1. The first-order chi connectivity index (χ1) is 12.1. The third-order valence-corrected chi connectivity index (χ3v) is 5.25. The minimum Gasteiger partial charge on any atom is -0.497 e. The van der Waals surface area contributed by atoms with Gasteiger partial charge >= 0.3 is 0 Å². The number of aryl methyl sites for hydroxylation is 2. The van der Waals surface area contributed by atoms with Gasteiger partial charge < -0.3 is 9.84 Å². The molecule has 5 heteroatoms. The van der Waals surface area contributed by atoms with Crippen LogP contribution in [-0.2, 0) is 26.4 Å². The van der Waals surface area contributed by atoms with Crippen LogP contribution >= 0.6 is 0 Å². The minimum atomic E-state index is -0.289. The number of rotatable bonds is 6. The number of methoxy groups -OCH3 is 1. The Morgan fingerprint density at radius 3 is 2.76 bits per heavy atom. The first kappa shape index (κ1) is 18.0. The van der Waals surface area contributed by atoms with Crippen molar-refractivity contribution in [3.8, 4) is 5.75 Å². The van der Waals surface area contributed by atoms with Gasteiger partial charge in [0.1, 0.15) is 5.75 Å². The lowest BCUT2D eigenvalue weighted by atomic mass is 10.0. The van der Waals surface area contributed by atoms with Crippen LogP contribution in [0.5, 0.6) is 5.75 Å². The third kappa shape index (κ3) is 3.58. The van der Waals surface area contributed by atoms with Crippen molar-refractivity contribution in [1.29, 1.82) is 0 Å². The summed E-state index contributed by atoms with van der Waals surface area (Å²) in [5, 5.41) is 15.0. The highest BCUT2D eigenvalue weighted by Gasteiger charge is 2.33. The van der Waals surface area contributed by atoms with Crippen LogP contribution in [0.15, 0.2) is 24.3 Å². The molecule has 0 unspecified atom stereocenters. The second-order valence-corrected chi connectivity index (χ2v) is 6.81. The molecule has 1 saturated heterocycles. The van der Waals surface area contributed by atoms with Gasteiger partial charge in [0.25, 0.3) is 0 Å². The summed E-state index contributed by atoms with van der Waals surface area (Å²) in [4.78, 5) is 2.38. The van der Waals surface area contributed by atoms with Crippen molar-refractivity contribution in [3.63, 3.8) is 0 Å². The first-order valence-electron chi connectivity index (χ1n) is 9.17. The molecule has 0 radical (unpaired) electrons. The topological polar surface area (TPSA) is 50.5 Å². The standard InChI is InChI=1S/C20H29N3O2/c1-5-18-17(19(6-2)22(3)21-18)13-23-12-15(24)11-20(23)14-8-7-9-16(10-14)25-4/h7-10,15,20,24H,5-6,11-13H2,1-4H3/t15-,20+/m0/s1. The number of benzene rings is 1. The van der Waals surface area contributed by atoms with E-state index < -0.39 is 0 Å². The van der Waals surface area contributed by atoms with Gasteiger partial charge in [0, 0.05) is 37.4 Å². The van der Waals surface area contributed by atoms with E-state index in [2.05, 4.69) is 30.9 Å². The van der Waals surface area contributed by atoms with Crippen LogP contribution in [0.3, 0.4) is 0 Å². The highest BCUT2D eigenvalue weighted by atomic mass is 16.5. The Bertz CT molecular complexity index is 726. The Morgan fingerprint density at radius 1 is 1.28 bits per heavy atom. The molecule has 1 N–H and O–H groups in total. The molecule has 1 fully saturated rings. The van der Waals surface area contributed by atoms with E-state index in [4.69, 9.17) is 9.84 Å². The molecule has 0 bridgehead atoms. The van der Waals surface area contributed by atoms with Crippen molar-refractivity contribution >= 4 is 0 Å². The third-order valence-electron chi connectivity index (χ3n) is 5.25. The lowest BCUT2D eigenvalue weighted by Crippen LogP contribution is -2.25. The zero-order valence-corrected chi connectivity index (χ0v) is 15.7. The number of likely N-dealkylation sites (tertiary alicyclic amines) is 1. The number of hydrogen-bond acceptors (Lipinski definition) is 4. The maximum atomic E-state index is 10.3. The number of nitrogens with zero attached hydrogens (tertiary/aromatic N) is 3. The first-order valence-corrected chi connectivity index (χ1v) is 9.17. The lowest BCUT2D eigenvalue weighted by molar-refractivity contribution is 0.172. The van der Waals surface area contributed by atoms with E-state index in [0.717, 1.165) is 31.6 Å². The number of hydrogen-bond donors (Lipinski definition) is 1. The maximum absolute atomic E-state index is 10.3. The summed E-state index contributed by atoms with van der Waals surface area (Å²) in [5.74, 6) is 0.865. The Kier molecular flexibility index (Phi) is 5.45. The normalized spacial score (nSPS) is 21.0. The van der Waals surface area contributed by atoms with Crippen molar-refractivity contribution in [2.75, 3.05) is 13.7 Å². The van der Waals surface area contributed by atoms with Crippen LogP contribution in [0, 0.1) is 0 Å². The number of aromatic nitrogens is 2. The van der Waals surface area contributed by atoms with E-state index >= 15 is 0 Å². The Balaban J connectivity index is 1.90. The zero-order valence-electron chi connectivity index (χ0n) is 15.7. The summed E-state index contributed by atoms with van der Waals surface area (Å²) in [6, 6.07) is 8.41. The lowest BCUT2D eigenvalue weighted by Gasteiger charge is -2.25. The van der Waals surface area contributed by atoms with Crippen LogP contribution in [0.2, 0.25) is 0 Å². The van der Waals surface area contributed by atoms with E-state index in [1.165, 1.54) is 22.5 Å². The summed E-state index contributed by atoms with van der Waals surface area (Å²) in [7, 11) is 3.72. The second kappa shape index (κ2) is 7.58. The molecular weight excluding hydrogens is 314 g/mol. The summed E-state index contributed by atoms with van der Waals surface area (Å²) in [6.45, 7) is 5.87. The van der Waals surface area contributed by atoms with Gasteiger partial charge in [-0.25, -0.2) is 0 Å². The molecule has 2 atom stereocenters. The molecule has 5 nitrogen and oxygen atoms in total. The smallest absolute Gasteiger partial charge is 0.119 e. The number of aliphatic hydroxyl groups excluding tert-OH is 1. The van der Waals surface area contributed by atoms with Gasteiger partial charge in [-0.3, -0.25) is 9.58 Å².